The molecule has 0 N–H and O–H groups in total. The van der Waals surface area contributed by atoms with Crippen molar-refractivity contribution in [1.29, 1.82) is 0 Å². The molecular weight excluding hydrogens is 408 g/mol. The van der Waals surface area contributed by atoms with E-state index in [9.17, 15) is 13.2 Å². The van der Waals surface area contributed by atoms with Gasteiger partial charge in [0, 0.05) is 25.7 Å². The first kappa shape index (κ1) is 21.5. The molecule has 0 saturated carbocycles. The van der Waals surface area contributed by atoms with Crippen LogP contribution in [0.3, 0.4) is 0 Å². The number of benzene rings is 2. The number of hydrogen-bond acceptors (Lipinski definition) is 7. The summed E-state index contributed by atoms with van der Waals surface area (Å²) in [6, 6.07) is 13.3. The average molecular weight is 430 g/mol. The van der Waals surface area contributed by atoms with Gasteiger partial charge in [0.2, 0.25) is 10.0 Å². The number of hydrogen-bond donors (Lipinski definition) is 0. The second-order valence-electron chi connectivity index (χ2n) is 6.75. The number of rotatable bonds is 7. The molecule has 30 heavy (non-hydrogen) atoms. The van der Waals surface area contributed by atoms with E-state index in [-0.39, 0.29) is 17.1 Å². The molecule has 0 radical (unpaired) electrons. The summed E-state index contributed by atoms with van der Waals surface area (Å²) < 4.78 is 41.4. The van der Waals surface area contributed by atoms with E-state index < -0.39 is 16.0 Å². The van der Waals surface area contributed by atoms with Gasteiger partial charge in [-0.05, 0) is 48.9 Å². The van der Waals surface area contributed by atoms with Crippen molar-refractivity contribution in [3.63, 3.8) is 0 Å². The molecular formula is C21H22N2O6S. The molecule has 8 nitrogen and oxygen atoms in total. The number of aryl methyl sites for hydroxylation is 1. The Balaban J connectivity index is 1.72. The van der Waals surface area contributed by atoms with E-state index in [1.807, 2.05) is 12.1 Å². The van der Waals surface area contributed by atoms with E-state index >= 15 is 0 Å². The third-order valence-electron chi connectivity index (χ3n) is 4.50. The molecule has 0 spiro atoms. The van der Waals surface area contributed by atoms with Crippen LogP contribution in [0.2, 0.25) is 0 Å². The molecule has 158 valence electrons. The fraction of sp³-hybridized carbons (Fsp3) is 0.238. The number of aromatic nitrogens is 1. The number of methoxy groups -OCH3 is 1. The Morgan fingerprint density at radius 2 is 1.80 bits per heavy atom. The zero-order chi connectivity index (χ0) is 21.9. The first-order chi connectivity index (χ1) is 14.2. The van der Waals surface area contributed by atoms with E-state index in [0.29, 0.717) is 17.0 Å². The van der Waals surface area contributed by atoms with Crippen molar-refractivity contribution in [2.24, 2.45) is 0 Å². The van der Waals surface area contributed by atoms with Gasteiger partial charge in [-0.1, -0.05) is 11.2 Å². The highest BCUT2D eigenvalue weighted by Gasteiger charge is 2.21. The lowest BCUT2D eigenvalue weighted by Gasteiger charge is -2.13. The predicted molar refractivity (Wildman–Crippen MR) is 110 cm³/mol. The van der Waals surface area contributed by atoms with Gasteiger partial charge >= 0.3 is 5.97 Å². The number of nitrogens with zero attached hydrogens (tertiary/aromatic N) is 2. The van der Waals surface area contributed by atoms with Gasteiger partial charge in [0.1, 0.15) is 11.4 Å². The number of carbonyl (C=O) groups excluding carboxylic acids is 1. The van der Waals surface area contributed by atoms with Crippen molar-refractivity contribution in [3.8, 4) is 17.0 Å². The molecule has 0 aliphatic rings. The van der Waals surface area contributed by atoms with Crippen LogP contribution < -0.4 is 4.74 Å². The van der Waals surface area contributed by atoms with Gasteiger partial charge in [0.25, 0.3) is 0 Å². The summed E-state index contributed by atoms with van der Waals surface area (Å²) in [5.41, 5.74) is 2.20. The smallest absolute Gasteiger partial charge is 0.338 e. The highest BCUT2D eigenvalue weighted by atomic mass is 32.2. The number of carbonyl (C=O) groups is 1. The molecule has 3 rings (SSSR count). The van der Waals surface area contributed by atoms with Crippen LogP contribution in [0.5, 0.6) is 5.75 Å². The zero-order valence-electron chi connectivity index (χ0n) is 17.1. The van der Waals surface area contributed by atoms with Crippen molar-refractivity contribution in [1.82, 2.24) is 9.46 Å². The van der Waals surface area contributed by atoms with Crippen LogP contribution in [0.4, 0.5) is 0 Å². The predicted octanol–water partition coefficient (Wildman–Crippen LogP) is 3.27. The second kappa shape index (κ2) is 8.68. The minimum absolute atomic E-state index is 0.0199. The van der Waals surface area contributed by atoms with Crippen LogP contribution >= 0.6 is 0 Å². The first-order valence-electron chi connectivity index (χ1n) is 9.02. The van der Waals surface area contributed by atoms with Gasteiger partial charge < -0.3 is 14.0 Å². The molecule has 0 amide bonds. The Bertz CT molecular complexity index is 1150. The topological polar surface area (TPSA) is 98.9 Å². The van der Waals surface area contributed by atoms with E-state index in [1.54, 1.807) is 38.3 Å². The summed E-state index contributed by atoms with van der Waals surface area (Å²) in [5, 5.41) is 3.98. The van der Waals surface area contributed by atoms with Gasteiger partial charge in [-0.2, -0.15) is 0 Å². The third kappa shape index (κ3) is 4.52. The minimum atomic E-state index is -3.66. The van der Waals surface area contributed by atoms with Gasteiger partial charge in [-0.3, -0.25) is 0 Å². The van der Waals surface area contributed by atoms with Crippen LogP contribution in [0.1, 0.15) is 21.7 Å². The Morgan fingerprint density at radius 1 is 1.10 bits per heavy atom. The normalized spacial score (nSPS) is 11.5. The van der Waals surface area contributed by atoms with Crippen molar-refractivity contribution in [3.05, 3.63) is 65.4 Å². The number of esters is 1. The van der Waals surface area contributed by atoms with Crippen molar-refractivity contribution in [2.75, 3.05) is 21.2 Å². The summed E-state index contributed by atoms with van der Waals surface area (Å²) in [4.78, 5) is 12.5. The summed E-state index contributed by atoms with van der Waals surface area (Å²) >= 11 is 0. The lowest BCUT2D eigenvalue weighted by Crippen LogP contribution is -2.22. The van der Waals surface area contributed by atoms with E-state index in [4.69, 9.17) is 14.0 Å². The summed E-state index contributed by atoms with van der Waals surface area (Å²) in [6.45, 7) is 1.57. The van der Waals surface area contributed by atoms with Crippen LogP contribution in [0.25, 0.3) is 11.3 Å². The quantitative estimate of drug-likeness (QED) is 0.531. The third-order valence-corrected chi connectivity index (χ3v) is 6.31. The van der Waals surface area contributed by atoms with Crippen LogP contribution in [0.15, 0.2) is 57.9 Å². The van der Waals surface area contributed by atoms with E-state index in [0.717, 1.165) is 15.6 Å². The fourth-order valence-electron chi connectivity index (χ4n) is 2.69. The molecule has 0 fully saturated rings. The number of ether oxygens (including phenoxy) is 2. The Labute approximate surface area is 175 Å². The number of sulfonamides is 1. The molecule has 0 aliphatic heterocycles. The molecule has 1 heterocycles. The SMILES string of the molecule is COc1ccc(-c2cc(COC(=O)c3cc(S(=O)(=O)N(C)C)ccc3C)on2)cc1. The maximum Gasteiger partial charge on any atom is 0.338 e. The fourth-order valence-corrected chi connectivity index (χ4v) is 3.61. The molecule has 1 aromatic heterocycles. The minimum Gasteiger partial charge on any atom is -0.497 e. The Hall–Kier alpha value is -3.17. The molecule has 9 heteroatoms. The van der Waals surface area contributed by atoms with E-state index in [2.05, 4.69) is 5.16 Å². The molecule has 0 bridgehead atoms. The standard InChI is InChI=1S/C21H22N2O6S/c1-14-5-10-18(30(25,26)23(2)3)12-19(14)21(24)28-13-17-11-20(22-29-17)15-6-8-16(27-4)9-7-15/h5-12H,13H2,1-4H3. The van der Waals surface area contributed by atoms with E-state index in [1.165, 1.54) is 26.2 Å². The summed E-state index contributed by atoms with van der Waals surface area (Å²) in [7, 11) is 0.783. The van der Waals surface area contributed by atoms with Gasteiger partial charge in [0.15, 0.2) is 12.4 Å². The lowest BCUT2D eigenvalue weighted by molar-refractivity contribution is 0.0436. The average Bonchev–Trinajstić information content (AvgIpc) is 3.21. The van der Waals surface area contributed by atoms with Crippen molar-refractivity contribution < 1.29 is 27.2 Å². The molecule has 3 aromatic rings. The van der Waals surface area contributed by atoms with Crippen LogP contribution in [-0.2, 0) is 21.4 Å². The van der Waals surface area contributed by atoms with Gasteiger partial charge in [0.05, 0.1) is 17.6 Å². The second-order valence-corrected chi connectivity index (χ2v) is 8.90. The maximum absolute atomic E-state index is 12.5. The zero-order valence-corrected chi connectivity index (χ0v) is 17.9. The molecule has 0 unspecified atom stereocenters. The van der Waals surface area contributed by atoms with Crippen molar-refractivity contribution in [2.45, 2.75) is 18.4 Å². The van der Waals surface area contributed by atoms with Crippen LogP contribution in [0, 0.1) is 6.92 Å². The molecule has 0 aliphatic carbocycles. The maximum atomic E-state index is 12.5. The Morgan fingerprint density at radius 3 is 2.43 bits per heavy atom. The highest BCUT2D eigenvalue weighted by Crippen LogP contribution is 2.23. The van der Waals surface area contributed by atoms with Crippen molar-refractivity contribution >= 4 is 16.0 Å². The molecule has 0 atom stereocenters. The van der Waals surface area contributed by atoms with Gasteiger partial charge in [-0.25, -0.2) is 17.5 Å². The first-order valence-corrected chi connectivity index (χ1v) is 10.5. The molecule has 2 aromatic carbocycles. The van der Waals surface area contributed by atoms with Gasteiger partial charge in [-0.15, -0.1) is 0 Å². The molecule has 0 saturated heterocycles. The monoisotopic (exact) mass is 430 g/mol. The van der Waals surface area contributed by atoms with Crippen LogP contribution in [-0.4, -0.2) is 45.1 Å². The lowest BCUT2D eigenvalue weighted by atomic mass is 10.1. The largest absolute Gasteiger partial charge is 0.497 e. The Kier molecular flexibility index (Phi) is 6.23. The summed E-state index contributed by atoms with van der Waals surface area (Å²) in [5.74, 6) is 0.444. The highest BCUT2D eigenvalue weighted by molar-refractivity contribution is 7.89. The summed E-state index contributed by atoms with van der Waals surface area (Å²) in [6.07, 6.45) is 0.